The molecule has 0 saturated heterocycles. The van der Waals surface area contributed by atoms with E-state index in [-0.39, 0.29) is 11.9 Å². The molecule has 0 aliphatic heterocycles. The van der Waals surface area contributed by atoms with Gasteiger partial charge in [0.2, 0.25) is 5.91 Å². The van der Waals surface area contributed by atoms with Crippen LogP contribution in [0.5, 0.6) is 0 Å². The zero-order valence-corrected chi connectivity index (χ0v) is 13.7. The molecule has 1 unspecified atom stereocenters. The lowest BCUT2D eigenvalue weighted by Gasteiger charge is -2.23. The topological polar surface area (TPSA) is 41.6 Å². The molecule has 1 atom stereocenters. The molecular formula is C19H24N2O2. The van der Waals surface area contributed by atoms with Crippen molar-refractivity contribution in [3.05, 3.63) is 71.8 Å². The van der Waals surface area contributed by atoms with E-state index in [1.807, 2.05) is 79.7 Å². The van der Waals surface area contributed by atoms with E-state index in [1.165, 1.54) is 0 Å². The number of carbonyl (C=O) groups excluding carboxylic acids is 1. The Hall–Kier alpha value is -2.17. The lowest BCUT2D eigenvalue weighted by molar-refractivity contribution is -0.126. The van der Waals surface area contributed by atoms with Gasteiger partial charge in [-0.25, -0.2) is 0 Å². The molecule has 0 aromatic heterocycles. The third kappa shape index (κ3) is 5.51. The van der Waals surface area contributed by atoms with Crippen LogP contribution < -0.4 is 5.32 Å². The number of rotatable bonds is 8. The van der Waals surface area contributed by atoms with Crippen molar-refractivity contribution < 1.29 is 9.53 Å². The minimum Gasteiger partial charge on any atom is -0.375 e. The normalized spacial score (nSPS) is 12.1. The van der Waals surface area contributed by atoms with Crippen LogP contribution in [0, 0.1) is 0 Å². The third-order valence-corrected chi connectivity index (χ3v) is 3.54. The Bertz CT molecular complexity index is 585. The van der Waals surface area contributed by atoms with Crippen LogP contribution in [0.4, 0.5) is 0 Å². The predicted octanol–water partition coefficient (Wildman–Crippen LogP) is 2.62. The summed E-state index contributed by atoms with van der Waals surface area (Å²) in [5, 5.41) is 2.94. The van der Waals surface area contributed by atoms with Gasteiger partial charge >= 0.3 is 0 Å². The van der Waals surface area contributed by atoms with Gasteiger partial charge in [0.25, 0.3) is 0 Å². The predicted molar refractivity (Wildman–Crippen MR) is 92.0 cm³/mol. The summed E-state index contributed by atoms with van der Waals surface area (Å²) in [6.45, 7) is 1.56. The molecule has 0 aliphatic carbocycles. The molecule has 2 aromatic rings. The van der Waals surface area contributed by atoms with Crippen LogP contribution in [0.15, 0.2) is 60.7 Å². The Kier molecular flexibility index (Phi) is 6.78. The zero-order valence-electron chi connectivity index (χ0n) is 13.7. The number of nitrogens with zero attached hydrogens (tertiary/aromatic N) is 1. The van der Waals surface area contributed by atoms with Crippen LogP contribution in [-0.4, -0.2) is 38.1 Å². The minimum atomic E-state index is -0.287. The van der Waals surface area contributed by atoms with E-state index >= 15 is 0 Å². The Morgan fingerprint density at radius 2 is 1.65 bits per heavy atom. The average molecular weight is 312 g/mol. The van der Waals surface area contributed by atoms with Gasteiger partial charge in [0, 0.05) is 6.54 Å². The van der Waals surface area contributed by atoms with Crippen LogP contribution in [0.3, 0.4) is 0 Å². The van der Waals surface area contributed by atoms with E-state index < -0.39 is 0 Å². The molecule has 0 bridgehead atoms. The lowest BCUT2D eigenvalue weighted by Crippen LogP contribution is -2.38. The second-order valence-corrected chi connectivity index (χ2v) is 5.61. The number of ether oxygens (including phenoxy) is 1. The zero-order chi connectivity index (χ0) is 16.5. The van der Waals surface area contributed by atoms with E-state index in [9.17, 15) is 4.79 Å². The maximum atomic E-state index is 12.4. The molecule has 0 spiro atoms. The number of hydrogen-bond donors (Lipinski definition) is 1. The second kappa shape index (κ2) is 9.08. The van der Waals surface area contributed by atoms with Gasteiger partial charge in [-0.3, -0.25) is 9.69 Å². The third-order valence-electron chi connectivity index (χ3n) is 3.54. The van der Waals surface area contributed by atoms with E-state index in [0.717, 1.165) is 11.1 Å². The minimum absolute atomic E-state index is 0.00971. The molecule has 0 saturated carbocycles. The van der Waals surface area contributed by atoms with Gasteiger partial charge in [-0.2, -0.15) is 0 Å². The van der Waals surface area contributed by atoms with Gasteiger partial charge in [-0.05, 0) is 25.2 Å². The fourth-order valence-electron chi connectivity index (χ4n) is 2.43. The Balaban J connectivity index is 1.76. The van der Waals surface area contributed by atoms with Crippen LogP contribution in [0.1, 0.15) is 17.2 Å². The molecule has 1 amide bonds. The van der Waals surface area contributed by atoms with E-state index in [0.29, 0.717) is 19.8 Å². The first-order valence-electron chi connectivity index (χ1n) is 7.79. The van der Waals surface area contributed by atoms with E-state index in [2.05, 4.69) is 5.32 Å². The summed E-state index contributed by atoms with van der Waals surface area (Å²) in [5.41, 5.74) is 2.12. The van der Waals surface area contributed by atoms with Gasteiger partial charge in [-0.1, -0.05) is 60.7 Å². The van der Waals surface area contributed by atoms with Gasteiger partial charge in [-0.15, -0.1) is 0 Å². The highest BCUT2D eigenvalue weighted by molar-refractivity contribution is 5.83. The number of nitrogens with one attached hydrogen (secondary N) is 1. The first-order chi connectivity index (χ1) is 11.2. The quantitative estimate of drug-likeness (QED) is 0.762. The molecular weight excluding hydrogens is 288 g/mol. The van der Waals surface area contributed by atoms with Gasteiger partial charge in [0.05, 0.1) is 13.2 Å². The highest BCUT2D eigenvalue weighted by Crippen LogP contribution is 2.17. The standard InChI is InChI=1S/C19H24N2O2/c1-21(2)18(17-11-7-4-8-12-17)19(22)20-13-14-23-15-16-9-5-3-6-10-16/h3-12,18H,13-15H2,1-2H3,(H,20,22). The first kappa shape index (κ1) is 17.2. The SMILES string of the molecule is CN(C)C(C(=O)NCCOCc1ccccc1)c1ccccc1. The van der Waals surface area contributed by atoms with Crippen LogP contribution >= 0.6 is 0 Å². The Morgan fingerprint density at radius 1 is 1.04 bits per heavy atom. The number of amides is 1. The first-order valence-corrected chi connectivity index (χ1v) is 7.79. The molecule has 1 N–H and O–H groups in total. The maximum Gasteiger partial charge on any atom is 0.242 e. The maximum absolute atomic E-state index is 12.4. The molecule has 2 rings (SSSR count). The molecule has 4 nitrogen and oxygen atoms in total. The van der Waals surface area contributed by atoms with Crippen molar-refractivity contribution in [2.75, 3.05) is 27.2 Å². The fourth-order valence-corrected chi connectivity index (χ4v) is 2.43. The molecule has 23 heavy (non-hydrogen) atoms. The highest BCUT2D eigenvalue weighted by Gasteiger charge is 2.21. The van der Waals surface area contributed by atoms with Crippen molar-refractivity contribution in [2.24, 2.45) is 0 Å². The monoisotopic (exact) mass is 312 g/mol. The number of hydrogen-bond acceptors (Lipinski definition) is 3. The summed E-state index contributed by atoms with van der Waals surface area (Å²) < 4.78 is 5.59. The number of benzene rings is 2. The van der Waals surface area contributed by atoms with Crippen molar-refractivity contribution in [3.8, 4) is 0 Å². The summed E-state index contributed by atoms with van der Waals surface area (Å²) >= 11 is 0. The van der Waals surface area contributed by atoms with E-state index in [4.69, 9.17) is 4.74 Å². The van der Waals surface area contributed by atoms with Crippen molar-refractivity contribution >= 4 is 5.91 Å². The summed E-state index contributed by atoms with van der Waals surface area (Å²) in [6.07, 6.45) is 0. The van der Waals surface area contributed by atoms with Crippen LogP contribution in [0.2, 0.25) is 0 Å². The average Bonchev–Trinajstić information content (AvgIpc) is 2.56. The van der Waals surface area contributed by atoms with Gasteiger partial charge in [0.15, 0.2) is 0 Å². The molecule has 0 heterocycles. The molecule has 122 valence electrons. The van der Waals surface area contributed by atoms with Crippen LogP contribution in [0.25, 0.3) is 0 Å². The second-order valence-electron chi connectivity index (χ2n) is 5.61. The summed E-state index contributed by atoms with van der Waals surface area (Å²) in [6, 6.07) is 19.5. The smallest absolute Gasteiger partial charge is 0.242 e. The molecule has 0 aliphatic rings. The Labute approximate surface area is 138 Å². The lowest BCUT2D eigenvalue weighted by atomic mass is 10.1. The number of likely N-dealkylation sites (N-methyl/N-ethyl adjacent to an activating group) is 1. The summed E-state index contributed by atoms with van der Waals surface area (Å²) in [4.78, 5) is 14.3. The molecule has 2 aromatic carbocycles. The van der Waals surface area contributed by atoms with Gasteiger partial charge < -0.3 is 10.1 Å². The molecule has 0 fully saturated rings. The largest absolute Gasteiger partial charge is 0.375 e. The molecule has 4 heteroatoms. The Morgan fingerprint density at radius 3 is 2.26 bits per heavy atom. The summed E-state index contributed by atoms with van der Waals surface area (Å²) in [7, 11) is 3.81. The van der Waals surface area contributed by atoms with Crippen molar-refractivity contribution in [2.45, 2.75) is 12.6 Å². The van der Waals surface area contributed by atoms with Crippen molar-refractivity contribution in [1.82, 2.24) is 10.2 Å². The van der Waals surface area contributed by atoms with Crippen molar-refractivity contribution in [3.63, 3.8) is 0 Å². The van der Waals surface area contributed by atoms with E-state index in [1.54, 1.807) is 0 Å². The summed E-state index contributed by atoms with van der Waals surface area (Å²) in [5.74, 6) is -0.00971. The number of carbonyl (C=O) groups is 1. The van der Waals surface area contributed by atoms with Crippen LogP contribution in [-0.2, 0) is 16.1 Å². The van der Waals surface area contributed by atoms with Gasteiger partial charge in [0.1, 0.15) is 6.04 Å². The highest BCUT2D eigenvalue weighted by atomic mass is 16.5. The molecule has 0 radical (unpaired) electrons. The van der Waals surface area contributed by atoms with Crippen molar-refractivity contribution in [1.29, 1.82) is 0 Å². The fraction of sp³-hybridized carbons (Fsp3) is 0.316.